The Morgan fingerprint density at radius 2 is 2.09 bits per heavy atom. The number of nitrogens with one attached hydrogen (secondary N) is 1. The maximum atomic E-state index is 12.5. The number of thiophene rings is 1. The van der Waals surface area contributed by atoms with E-state index < -0.39 is 0 Å². The molecule has 0 bridgehead atoms. The highest BCUT2D eigenvalue weighted by molar-refractivity contribution is 7.98. The highest BCUT2D eigenvalue weighted by Crippen LogP contribution is 2.19. The van der Waals surface area contributed by atoms with Crippen molar-refractivity contribution in [1.82, 2.24) is 14.9 Å². The molecule has 3 rings (SSSR count). The number of amides is 1. The second kappa shape index (κ2) is 6.97. The Kier molecular flexibility index (Phi) is 4.78. The van der Waals surface area contributed by atoms with Gasteiger partial charge in [-0.2, -0.15) is 0 Å². The standard InChI is InChI=1S/C16H15N3O2S2/c1-22-16-18-12-7-8-23-14(12)15(21)19(16)10-13(20)17-9-11-5-3-2-4-6-11/h2-8H,9-10H2,1H3,(H,17,20). The Labute approximate surface area is 141 Å². The third-order valence-corrected chi connectivity index (χ3v) is 4.92. The number of nitrogens with zero attached hydrogens (tertiary/aromatic N) is 2. The first-order valence-corrected chi connectivity index (χ1v) is 9.12. The lowest BCUT2D eigenvalue weighted by Crippen LogP contribution is -2.33. The molecule has 0 fully saturated rings. The first-order valence-electron chi connectivity index (χ1n) is 7.01. The van der Waals surface area contributed by atoms with Gasteiger partial charge in [-0.05, 0) is 23.3 Å². The fourth-order valence-corrected chi connectivity index (χ4v) is 3.55. The summed E-state index contributed by atoms with van der Waals surface area (Å²) < 4.78 is 2.02. The average Bonchev–Trinajstić information content (AvgIpc) is 3.05. The summed E-state index contributed by atoms with van der Waals surface area (Å²) in [5.41, 5.74) is 1.54. The SMILES string of the molecule is CSc1nc2ccsc2c(=O)n1CC(=O)NCc1ccccc1. The molecule has 2 heterocycles. The fourth-order valence-electron chi connectivity index (χ4n) is 2.21. The third kappa shape index (κ3) is 3.46. The fraction of sp³-hybridized carbons (Fsp3) is 0.188. The summed E-state index contributed by atoms with van der Waals surface area (Å²) in [4.78, 5) is 29.1. The van der Waals surface area contributed by atoms with Crippen LogP contribution >= 0.6 is 23.1 Å². The number of hydrogen-bond acceptors (Lipinski definition) is 5. The smallest absolute Gasteiger partial charge is 0.272 e. The minimum absolute atomic E-state index is 0.0251. The Bertz CT molecular complexity index is 887. The number of carbonyl (C=O) groups is 1. The highest BCUT2D eigenvalue weighted by atomic mass is 32.2. The largest absolute Gasteiger partial charge is 0.350 e. The number of rotatable bonds is 5. The molecule has 0 spiro atoms. The molecule has 0 atom stereocenters. The van der Waals surface area contributed by atoms with Gasteiger partial charge in [0.25, 0.3) is 5.56 Å². The van der Waals surface area contributed by atoms with Crippen LogP contribution in [-0.4, -0.2) is 21.7 Å². The molecule has 5 nitrogen and oxygen atoms in total. The van der Waals surface area contributed by atoms with Crippen molar-refractivity contribution in [3.05, 3.63) is 57.7 Å². The lowest BCUT2D eigenvalue weighted by molar-refractivity contribution is -0.122. The van der Waals surface area contributed by atoms with Gasteiger partial charge in [-0.25, -0.2) is 4.98 Å². The van der Waals surface area contributed by atoms with E-state index in [1.54, 1.807) is 0 Å². The van der Waals surface area contributed by atoms with Crippen molar-refractivity contribution in [2.24, 2.45) is 0 Å². The van der Waals surface area contributed by atoms with Crippen LogP contribution in [0.3, 0.4) is 0 Å². The van der Waals surface area contributed by atoms with Crippen LogP contribution in [0.1, 0.15) is 5.56 Å². The molecule has 3 aromatic rings. The minimum Gasteiger partial charge on any atom is -0.350 e. The number of thioether (sulfide) groups is 1. The third-order valence-electron chi connectivity index (χ3n) is 3.35. The van der Waals surface area contributed by atoms with Gasteiger partial charge in [0, 0.05) is 6.54 Å². The first-order chi connectivity index (χ1) is 11.2. The molecular weight excluding hydrogens is 330 g/mol. The van der Waals surface area contributed by atoms with E-state index in [0.29, 0.717) is 21.9 Å². The minimum atomic E-state index is -0.205. The zero-order valence-electron chi connectivity index (χ0n) is 12.5. The summed E-state index contributed by atoms with van der Waals surface area (Å²) >= 11 is 2.71. The normalized spacial score (nSPS) is 10.8. The molecule has 23 heavy (non-hydrogen) atoms. The van der Waals surface area contributed by atoms with Gasteiger partial charge >= 0.3 is 0 Å². The first kappa shape index (κ1) is 15.8. The van der Waals surface area contributed by atoms with Crippen LogP contribution in [0.25, 0.3) is 10.2 Å². The van der Waals surface area contributed by atoms with Gasteiger partial charge in [0.1, 0.15) is 11.2 Å². The van der Waals surface area contributed by atoms with Crippen LogP contribution in [-0.2, 0) is 17.9 Å². The van der Waals surface area contributed by atoms with Crippen molar-refractivity contribution in [2.45, 2.75) is 18.2 Å². The molecule has 0 unspecified atom stereocenters. The van der Waals surface area contributed by atoms with Gasteiger partial charge < -0.3 is 5.32 Å². The second-order valence-electron chi connectivity index (χ2n) is 4.89. The molecular formula is C16H15N3O2S2. The molecule has 0 aliphatic rings. The van der Waals surface area contributed by atoms with Crippen molar-refractivity contribution in [1.29, 1.82) is 0 Å². The summed E-state index contributed by atoms with van der Waals surface area (Å²) in [6.07, 6.45) is 1.85. The molecule has 118 valence electrons. The Hall–Kier alpha value is -2.12. The van der Waals surface area contributed by atoms with Crippen molar-refractivity contribution >= 4 is 39.2 Å². The summed E-state index contributed by atoms with van der Waals surface area (Å²) in [7, 11) is 0. The van der Waals surface area contributed by atoms with Crippen molar-refractivity contribution in [2.75, 3.05) is 6.26 Å². The molecule has 1 N–H and O–H groups in total. The molecule has 7 heteroatoms. The van der Waals surface area contributed by atoms with E-state index in [2.05, 4.69) is 10.3 Å². The molecule has 0 aliphatic heterocycles. The van der Waals surface area contributed by atoms with Gasteiger partial charge in [-0.3, -0.25) is 14.2 Å². The van der Waals surface area contributed by atoms with Gasteiger partial charge in [-0.1, -0.05) is 42.1 Å². The predicted octanol–water partition coefficient (Wildman–Crippen LogP) is 2.50. The van der Waals surface area contributed by atoms with E-state index in [0.717, 1.165) is 5.56 Å². The van der Waals surface area contributed by atoms with E-state index in [4.69, 9.17) is 0 Å². The molecule has 0 aliphatic carbocycles. The van der Waals surface area contributed by atoms with E-state index in [1.165, 1.54) is 27.7 Å². The highest BCUT2D eigenvalue weighted by Gasteiger charge is 2.14. The molecule has 0 radical (unpaired) electrons. The van der Waals surface area contributed by atoms with Crippen molar-refractivity contribution < 1.29 is 4.79 Å². The van der Waals surface area contributed by atoms with Crippen molar-refractivity contribution in [3.63, 3.8) is 0 Å². The summed E-state index contributed by atoms with van der Waals surface area (Å²) in [6.45, 7) is 0.417. The number of aromatic nitrogens is 2. The molecule has 1 aromatic carbocycles. The van der Waals surface area contributed by atoms with Gasteiger partial charge in [-0.15, -0.1) is 11.3 Å². The van der Waals surface area contributed by atoms with Crippen LogP contribution in [0.4, 0.5) is 0 Å². The predicted molar refractivity (Wildman–Crippen MR) is 93.9 cm³/mol. The van der Waals surface area contributed by atoms with Gasteiger partial charge in [0.15, 0.2) is 5.16 Å². The van der Waals surface area contributed by atoms with E-state index >= 15 is 0 Å². The number of benzene rings is 1. The maximum absolute atomic E-state index is 12.5. The van der Waals surface area contributed by atoms with Crippen molar-refractivity contribution in [3.8, 4) is 0 Å². The monoisotopic (exact) mass is 345 g/mol. The number of hydrogen-bond donors (Lipinski definition) is 1. The number of carbonyl (C=O) groups excluding carboxylic acids is 1. The summed E-state index contributed by atoms with van der Waals surface area (Å²) in [6, 6.07) is 11.5. The van der Waals surface area contributed by atoms with Crippen LogP contribution < -0.4 is 10.9 Å². The van der Waals surface area contributed by atoms with Crippen LogP contribution in [0, 0.1) is 0 Å². The number of fused-ring (bicyclic) bond motifs is 1. The second-order valence-corrected chi connectivity index (χ2v) is 6.58. The topological polar surface area (TPSA) is 64.0 Å². The maximum Gasteiger partial charge on any atom is 0.272 e. The lowest BCUT2D eigenvalue weighted by Gasteiger charge is -2.11. The summed E-state index contributed by atoms with van der Waals surface area (Å²) in [5.74, 6) is -0.205. The Balaban J connectivity index is 1.79. The van der Waals surface area contributed by atoms with E-state index in [1.807, 2.05) is 48.0 Å². The van der Waals surface area contributed by atoms with Gasteiger partial charge in [0.05, 0.1) is 5.52 Å². The molecule has 1 amide bonds. The summed E-state index contributed by atoms with van der Waals surface area (Å²) in [5, 5.41) is 5.22. The van der Waals surface area contributed by atoms with E-state index in [9.17, 15) is 9.59 Å². The Morgan fingerprint density at radius 3 is 2.83 bits per heavy atom. The lowest BCUT2D eigenvalue weighted by atomic mass is 10.2. The van der Waals surface area contributed by atoms with Crippen LogP contribution in [0.15, 0.2) is 51.7 Å². The van der Waals surface area contributed by atoms with E-state index in [-0.39, 0.29) is 18.0 Å². The zero-order valence-corrected chi connectivity index (χ0v) is 14.1. The molecule has 0 saturated carbocycles. The average molecular weight is 345 g/mol. The van der Waals surface area contributed by atoms with Gasteiger partial charge in [0.2, 0.25) is 5.91 Å². The zero-order chi connectivity index (χ0) is 16.2. The molecule has 0 saturated heterocycles. The molecule has 2 aromatic heterocycles. The van der Waals surface area contributed by atoms with Crippen LogP contribution in [0.2, 0.25) is 0 Å². The Morgan fingerprint density at radius 1 is 1.30 bits per heavy atom. The van der Waals surface area contributed by atoms with Crippen LogP contribution in [0.5, 0.6) is 0 Å². The quantitative estimate of drug-likeness (QED) is 0.570.